The Morgan fingerprint density at radius 3 is 2.47 bits per heavy atom. The lowest BCUT2D eigenvalue weighted by Crippen LogP contribution is -2.46. The van der Waals surface area contributed by atoms with Gasteiger partial charge in [0.05, 0.1) is 18.6 Å². The second kappa shape index (κ2) is 13.8. The van der Waals surface area contributed by atoms with Crippen LogP contribution in [0.25, 0.3) is 11.1 Å². The summed E-state index contributed by atoms with van der Waals surface area (Å²) in [7, 11) is 2.02. The zero-order valence-electron chi connectivity index (χ0n) is 23.8. The maximum Gasteiger partial charge on any atom is 0.416 e. The fourth-order valence-corrected chi connectivity index (χ4v) is 4.69. The molecule has 1 fully saturated rings. The minimum absolute atomic E-state index is 0.00233. The van der Waals surface area contributed by atoms with E-state index < -0.39 is 35.8 Å². The Balaban J connectivity index is 1.44. The number of ether oxygens (including phenoxy) is 1. The smallest absolute Gasteiger partial charge is 0.416 e. The molecule has 0 unspecified atom stereocenters. The highest BCUT2D eigenvalue weighted by molar-refractivity contribution is 5.98. The van der Waals surface area contributed by atoms with Crippen molar-refractivity contribution in [1.82, 2.24) is 20.1 Å². The van der Waals surface area contributed by atoms with Gasteiger partial charge in [-0.3, -0.25) is 19.3 Å². The van der Waals surface area contributed by atoms with Crippen molar-refractivity contribution in [2.75, 3.05) is 58.2 Å². The van der Waals surface area contributed by atoms with Crippen LogP contribution in [0.3, 0.4) is 0 Å². The third-order valence-electron chi connectivity index (χ3n) is 7.02. The van der Waals surface area contributed by atoms with Gasteiger partial charge in [0, 0.05) is 68.3 Å². The molecule has 2 amide bonds. The molecule has 0 bridgehead atoms. The first kappa shape index (κ1) is 31.7. The first-order valence-electron chi connectivity index (χ1n) is 13.8. The number of carbonyl (C=O) groups is 2. The van der Waals surface area contributed by atoms with E-state index >= 15 is 0 Å². The Morgan fingerprint density at radius 1 is 1.05 bits per heavy atom. The van der Waals surface area contributed by atoms with Crippen LogP contribution < -0.4 is 20.9 Å². The van der Waals surface area contributed by atoms with Crippen LogP contribution >= 0.6 is 0 Å². The number of hydrogen-bond donors (Lipinski definition) is 3. The molecule has 1 aromatic heterocycles. The lowest BCUT2D eigenvalue weighted by molar-refractivity contribution is -0.137. The third-order valence-corrected chi connectivity index (χ3v) is 7.02. The van der Waals surface area contributed by atoms with Gasteiger partial charge in [-0.25, -0.2) is 4.39 Å². The number of pyridine rings is 1. The van der Waals surface area contributed by atoms with E-state index in [1.807, 2.05) is 7.05 Å². The van der Waals surface area contributed by atoms with Crippen LogP contribution in [-0.2, 0) is 17.4 Å². The lowest BCUT2D eigenvalue weighted by Gasteiger charge is -2.32. The van der Waals surface area contributed by atoms with E-state index in [1.165, 1.54) is 30.5 Å². The summed E-state index contributed by atoms with van der Waals surface area (Å²) in [5.41, 5.74) is -1.16. The summed E-state index contributed by atoms with van der Waals surface area (Å²) < 4.78 is 61.3. The Kier molecular flexibility index (Phi) is 10.2. The SMILES string of the molecule is CCOc1cc(=O)[nH]cc1-c1ccc(CC(=O)Nc2cc(C(=O)NCCN3CCN(C)CC3)cc(C(F)(F)F)c2)c(F)c1. The van der Waals surface area contributed by atoms with E-state index in [2.05, 4.69) is 25.4 Å². The predicted molar refractivity (Wildman–Crippen MR) is 154 cm³/mol. The number of carbonyl (C=O) groups excluding carboxylic acids is 2. The zero-order valence-corrected chi connectivity index (χ0v) is 23.8. The van der Waals surface area contributed by atoms with Gasteiger partial charge in [-0.05, 0) is 49.4 Å². The summed E-state index contributed by atoms with van der Waals surface area (Å²) >= 11 is 0. The second-order valence-electron chi connectivity index (χ2n) is 10.2. The molecule has 0 atom stereocenters. The number of halogens is 4. The number of anilines is 1. The number of alkyl halides is 3. The molecule has 3 N–H and O–H groups in total. The van der Waals surface area contributed by atoms with Gasteiger partial charge in [0.1, 0.15) is 11.6 Å². The summed E-state index contributed by atoms with van der Waals surface area (Å²) in [6, 6.07) is 7.94. The highest BCUT2D eigenvalue weighted by Gasteiger charge is 2.32. The molecule has 3 aromatic rings. The first-order valence-corrected chi connectivity index (χ1v) is 13.8. The van der Waals surface area contributed by atoms with Crippen LogP contribution in [-0.4, -0.2) is 79.5 Å². The highest BCUT2D eigenvalue weighted by Crippen LogP contribution is 2.33. The number of benzene rings is 2. The van der Waals surface area contributed by atoms with Crippen molar-refractivity contribution in [3.8, 4) is 16.9 Å². The van der Waals surface area contributed by atoms with Gasteiger partial charge in [-0.15, -0.1) is 0 Å². The molecular formula is C30H33F4N5O4. The number of H-pyrrole nitrogens is 1. The van der Waals surface area contributed by atoms with Crippen LogP contribution in [0, 0.1) is 5.82 Å². The Morgan fingerprint density at radius 2 is 1.79 bits per heavy atom. The van der Waals surface area contributed by atoms with Gasteiger partial charge >= 0.3 is 6.18 Å². The van der Waals surface area contributed by atoms with Gasteiger partial charge in [-0.2, -0.15) is 13.2 Å². The van der Waals surface area contributed by atoms with Gasteiger partial charge < -0.3 is 25.3 Å². The van der Waals surface area contributed by atoms with Crippen molar-refractivity contribution in [3.05, 3.63) is 81.5 Å². The summed E-state index contributed by atoms with van der Waals surface area (Å²) in [5.74, 6) is -1.94. The van der Waals surface area contributed by atoms with Crippen molar-refractivity contribution in [1.29, 1.82) is 0 Å². The van der Waals surface area contributed by atoms with Crippen molar-refractivity contribution in [2.24, 2.45) is 0 Å². The molecule has 43 heavy (non-hydrogen) atoms. The number of nitrogens with one attached hydrogen (secondary N) is 3. The summed E-state index contributed by atoms with van der Waals surface area (Å²) in [5, 5.41) is 5.00. The Labute approximate surface area is 245 Å². The summed E-state index contributed by atoms with van der Waals surface area (Å²) in [6.45, 7) is 6.27. The minimum Gasteiger partial charge on any atom is -0.493 e. The van der Waals surface area contributed by atoms with E-state index in [9.17, 15) is 31.9 Å². The molecule has 13 heteroatoms. The lowest BCUT2D eigenvalue weighted by atomic mass is 10.0. The molecule has 1 aliphatic rings. The van der Waals surface area contributed by atoms with Crippen molar-refractivity contribution in [2.45, 2.75) is 19.5 Å². The number of nitrogens with zero attached hydrogens (tertiary/aromatic N) is 2. The van der Waals surface area contributed by atoms with Crippen LogP contribution in [0.2, 0.25) is 0 Å². The molecule has 230 valence electrons. The monoisotopic (exact) mass is 603 g/mol. The largest absolute Gasteiger partial charge is 0.493 e. The number of aromatic amines is 1. The van der Waals surface area contributed by atoms with E-state index in [0.717, 1.165) is 44.4 Å². The normalized spacial score (nSPS) is 14.4. The molecule has 0 spiro atoms. The van der Waals surface area contributed by atoms with Crippen molar-refractivity contribution < 1.29 is 31.9 Å². The first-order chi connectivity index (χ1) is 20.4. The second-order valence-corrected chi connectivity index (χ2v) is 10.2. The van der Waals surface area contributed by atoms with Crippen LogP contribution in [0.1, 0.15) is 28.4 Å². The molecule has 0 saturated carbocycles. The van der Waals surface area contributed by atoms with Crippen molar-refractivity contribution in [3.63, 3.8) is 0 Å². The Bertz CT molecular complexity index is 1520. The summed E-state index contributed by atoms with van der Waals surface area (Å²) in [4.78, 5) is 44.0. The maximum absolute atomic E-state index is 15.0. The van der Waals surface area contributed by atoms with Crippen LogP contribution in [0.4, 0.5) is 23.2 Å². The molecule has 1 saturated heterocycles. The van der Waals surface area contributed by atoms with Crippen molar-refractivity contribution >= 4 is 17.5 Å². The molecule has 0 radical (unpaired) electrons. The average Bonchev–Trinajstić information content (AvgIpc) is 2.95. The van der Waals surface area contributed by atoms with Gasteiger partial charge in [0.15, 0.2) is 0 Å². The van der Waals surface area contributed by atoms with E-state index in [0.29, 0.717) is 17.7 Å². The molecule has 0 aliphatic carbocycles. The fourth-order valence-electron chi connectivity index (χ4n) is 4.69. The summed E-state index contributed by atoms with van der Waals surface area (Å²) in [6.07, 6.45) is -3.85. The molecule has 9 nitrogen and oxygen atoms in total. The molecule has 2 aromatic carbocycles. The third kappa shape index (κ3) is 8.64. The average molecular weight is 604 g/mol. The number of likely N-dealkylation sites (N-methyl/N-ethyl adjacent to an activating group) is 1. The number of piperazine rings is 1. The molecule has 4 rings (SSSR count). The number of rotatable bonds is 10. The van der Waals surface area contributed by atoms with Crippen LogP contribution in [0.5, 0.6) is 5.75 Å². The van der Waals surface area contributed by atoms with Crippen LogP contribution in [0.15, 0.2) is 53.5 Å². The minimum atomic E-state index is -4.76. The van der Waals surface area contributed by atoms with E-state index in [1.54, 1.807) is 6.92 Å². The zero-order chi connectivity index (χ0) is 31.1. The number of aromatic nitrogens is 1. The quantitative estimate of drug-likeness (QED) is 0.305. The Hall–Kier alpha value is -4.23. The maximum atomic E-state index is 15.0. The van der Waals surface area contributed by atoms with Gasteiger partial charge in [0.2, 0.25) is 5.91 Å². The van der Waals surface area contributed by atoms with E-state index in [-0.39, 0.29) is 41.3 Å². The van der Waals surface area contributed by atoms with Gasteiger partial charge in [0.25, 0.3) is 11.5 Å². The number of amides is 2. The van der Waals surface area contributed by atoms with E-state index in [4.69, 9.17) is 4.74 Å². The number of hydrogen-bond acceptors (Lipinski definition) is 6. The molecular weight excluding hydrogens is 570 g/mol. The topological polar surface area (TPSA) is 107 Å². The predicted octanol–water partition coefficient (Wildman–Crippen LogP) is 3.76. The fraction of sp³-hybridized carbons (Fsp3) is 0.367. The standard InChI is InChI=1S/C30H33F4N5O4/c1-3-43-26-17-27(40)36-18-24(26)19-4-5-20(25(31)14-19)15-28(41)37-23-13-21(12-22(16-23)30(32,33)34)29(42)35-6-7-39-10-8-38(2)9-11-39/h4-5,12-14,16-18H,3,6-11,15H2,1-2H3,(H,35,42)(H,36,40)(H,37,41). The molecule has 2 heterocycles. The van der Waals surface area contributed by atoms with Gasteiger partial charge in [-0.1, -0.05) is 12.1 Å². The highest BCUT2D eigenvalue weighted by atomic mass is 19.4. The molecule has 1 aliphatic heterocycles.